The molecule has 0 spiro atoms. The van der Waals surface area contributed by atoms with Crippen LogP contribution in [-0.2, 0) is 11.2 Å². The molecule has 2 aromatic carbocycles. The van der Waals surface area contributed by atoms with Gasteiger partial charge in [-0.1, -0.05) is 30.3 Å². The summed E-state index contributed by atoms with van der Waals surface area (Å²) in [5.74, 6) is -0.759. The Morgan fingerprint density at radius 3 is 2.16 bits per heavy atom. The summed E-state index contributed by atoms with van der Waals surface area (Å²) in [5.41, 5.74) is 3.26. The summed E-state index contributed by atoms with van der Waals surface area (Å²) < 4.78 is 0. The topological polar surface area (TPSA) is 40.5 Å². The second-order valence-electron chi connectivity index (χ2n) is 4.45. The number of rotatable bonds is 5. The first-order chi connectivity index (χ1) is 9.16. The standard InChI is InChI=1S/C16H17NO2/c1-17(14-5-3-2-4-6-14)15-10-7-13(8-11-15)9-12-16(18)19/h2-8,10-11H,9,12H2,1H3,(H,18,19). The minimum absolute atomic E-state index is 0.174. The van der Waals surface area contributed by atoms with E-state index in [0.29, 0.717) is 6.42 Å². The van der Waals surface area contributed by atoms with Crippen LogP contribution in [0.25, 0.3) is 0 Å². The molecule has 19 heavy (non-hydrogen) atoms. The van der Waals surface area contributed by atoms with Gasteiger partial charge in [0.25, 0.3) is 0 Å². The van der Waals surface area contributed by atoms with Gasteiger partial charge in [0, 0.05) is 24.8 Å². The summed E-state index contributed by atoms with van der Waals surface area (Å²) in [6, 6.07) is 18.1. The summed E-state index contributed by atoms with van der Waals surface area (Å²) >= 11 is 0. The first-order valence-electron chi connectivity index (χ1n) is 6.26. The molecule has 0 saturated carbocycles. The molecule has 0 aliphatic rings. The van der Waals surface area contributed by atoms with Gasteiger partial charge in [-0.2, -0.15) is 0 Å². The zero-order valence-corrected chi connectivity index (χ0v) is 10.9. The second kappa shape index (κ2) is 6.05. The van der Waals surface area contributed by atoms with E-state index in [0.717, 1.165) is 16.9 Å². The monoisotopic (exact) mass is 255 g/mol. The van der Waals surface area contributed by atoms with Crippen LogP contribution in [0.4, 0.5) is 11.4 Å². The fourth-order valence-electron chi connectivity index (χ4n) is 1.94. The fourth-order valence-corrected chi connectivity index (χ4v) is 1.94. The SMILES string of the molecule is CN(c1ccccc1)c1ccc(CCC(=O)O)cc1. The van der Waals surface area contributed by atoms with E-state index in [1.54, 1.807) is 0 Å². The molecule has 0 aromatic heterocycles. The Labute approximate surface area is 113 Å². The second-order valence-corrected chi connectivity index (χ2v) is 4.45. The third-order valence-corrected chi connectivity index (χ3v) is 3.09. The van der Waals surface area contributed by atoms with E-state index in [9.17, 15) is 4.79 Å². The van der Waals surface area contributed by atoms with E-state index >= 15 is 0 Å². The fraction of sp³-hybridized carbons (Fsp3) is 0.188. The molecule has 3 nitrogen and oxygen atoms in total. The number of para-hydroxylation sites is 1. The lowest BCUT2D eigenvalue weighted by molar-refractivity contribution is -0.136. The average Bonchev–Trinajstić information content (AvgIpc) is 2.46. The van der Waals surface area contributed by atoms with Crippen molar-refractivity contribution in [1.82, 2.24) is 0 Å². The van der Waals surface area contributed by atoms with Crippen molar-refractivity contribution < 1.29 is 9.90 Å². The molecule has 3 heteroatoms. The Morgan fingerprint density at radius 2 is 1.58 bits per heavy atom. The lowest BCUT2D eigenvalue weighted by Crippen LogP contribution is -2.09. The van der Waals surface area contributed by atoms with Gasteiger partial charge in [-0.15, -0.1) is 0 Å². The van der Waals surface area contributed by atoms with Crippen molar-refractivity contribution >= 4 is 17.3 Å². The molecule has 0 heterocycles. The normalized spacial score (nSPS) is 10.2. The van der Waals surface area contributed by atoms with E-state index in [-0.39, 0.29) is 6.42 Å². The lowest BCUT2D eigenvalue weighted by Gasteiger charge is -2.19. The lowest BCUT2D eigenvalue weighted by atomic mass is 10.1. The molecule has 1 N–H and O–H groups in total. The first kappa shape index (κ1) is 13.1. The van der Waals surface area contributed by atoms with Gasteiger partial charge in [0.1, 0.15) is 0 Å². The van der Waals surface area contributed by atoms with Gasteiger partial charge < -0.3 is 10.0 Å². The van der Waals surface area contributed by atoms with Crippen LogP contribution >= 0.6 is 0 Å². The maximum absolute atomic E-state index is 10.5. The maximum atomic E-state index is 10.5. The number of hydrogen-bond donors (Lipinski definition) is 1. The maximum Gasteiger partial charge on any atom is 0.303 e. The third-order valence-electron chi connectivity index (χ3n) is 3.09. The molecular formula is C16H17NO2. The molecule has 0 unspecified atom stereocenters. The van der Waals surface area contributed by atoms with Crippen LogP contribution in [0.1, 0.15) is 12.0 Å². The van der Waals surface area contributed by atoms with Gasteiger partial charge in [0.15, 0.2) is 0 Å². The molecule has 0 aliphatic carbocycles. The zero-order chi connectivity index (χ0) is 13.7. The number of benzene rings is 2. The first-order valence-corrected chi connectivity index (χ1v) is 6.26. The molecule has 0 atom stereocenters. The minimum Gasteiger partial charge on any atom is -0.481 e. The van der Waals surface area contributed by atoms with Gasteiger partial charge in [-0.3, -0.25) is 4.79 Å². The number of anilines is 2. The predicted octanol–water partition coefficient (Wildman–Crippen LogP) is 3.47. The van der Waals surface area contributed by atoms with Crippen molar-refractivity contribution in [2.75, 3.05) is 11.9 Å². The van der Waals surface area contributed by atoms with Crippen LogP contribution < -0.4 is 4.90 Å². The Hall–Kier alpha value is -2.29. The van der Waals surface area contributed by atoms with E-state index in [2.05, 4.69) is 17.0 Å². The van der Waals surface area contributed by atoms with Crippen molar-refractivity contribution in [3.05, 3.63) is 60.2 Å². The molecule has 0 saturated heterocycles. The van der Waals surface area contributed by atoms with Crippen LogP contribution in [0.5, 0.6) is 0 Å². The van der Waals surface area contributed by atoms with Crippen molar-refractivity contribution in [3.63, 3.8) is 0 Å². The molecule has 2 rings (SSSR count). The van der Waals surface area contributed by atoms with Crippen LogP contribution in [0, 0.1) is 0 Å². The Bertz CT molecular complexity index is 534. The van der Waals surface area contributed by atoms with E-state index in [1.807, 2.05) is 49.5 Å². The van der Waals surface area contributed by atoms with Crippen molar-refractivity contribution in [3.8, 4) is 0 Å². The number of carbonyl (C=O) groups is 1. The average molecular weight is 255 g/mol. The Morgan fingerprint density at radius 1 is 1.00 bits per heavy atom. The van der Waals surface area contributed by atoms with Gasteiger partial charge >= 0.3 is 5.97 Å². The van der Waals surface area contributed by atoms with Crippen LogP contribution in [0.3, 0.4) is 0 Å². The summed E-state index contributed by atoms with van der Waals surface area (Å²) in [6.45, 7) is 0. The minimum atomic E-state index is -0.759. The summed E-state index contributed by atoms with van der Waals surface area (Å²) in [7, 11) is 2.02. The molecule has 0 fully saturated rings. The van der Waals surface area contributed by atoms with Crippen molar-refractivity contribution in [2.45, 2.75) is 12.8 Å². The largest absolute Gasteiger partial charge is 0.481 e. The number of aryl methyl sites for hydroxylation is 1. The number of aliphatic carboxylic acids is 1. The highest BCUT2D eigenvalue weighted by Crippen LogP contribution is 2.23. The molecule has 2 aromatic rings. The Balaban J connectivity index is 2.08. The van der Waals surface area contributed by atoms with Gasteiger partial charge in [-0.25, -0.2) is 0 Å². The van der Waals surface area contributed by atoms with Crippen molar-refractivity contribution in [2.24, 2.45) is 0 Å². The molecule has 0 radical (unpaired) electrons. The quantitative estimate of drug-likeness (QED) is 0.889. The molecule has 0 amide bonds. The van der Waals surface area contributed by atoms with Gasteiger partial charge in [-0.05, 0) is 36.2 Å². The summed E-state index contributed by atoms with van der Waals surface area (Å²) in [4.78, 5) is 12.6. The molecule has 98 valence electrons. The van der Waals surface area contributed by atoms with E-state index < -0.39 is 5.97 Å². The predicted molar refractivity (Wildman–Crippen MR) is 76.9 cm³/mol. The number of carboxylic acids is 1. The number of carboxylic acid groups (broad SMARTS) is 1. The molecule has 0 aliphatic heterocycles. The highest BCUT2D eigenvalue weighted by molar-refractivity contribution is 5.67. The third kappa shape index (κ3) is 3.58. The molecule has 0 bridgehead atoms. The van der Waals surface area contributed by atoms with Crippen LogP contribution in [0.15, 0.2) is 54.6 Å². The van der Waals surface area contributed by atoms with Crippen molar-refractivity contribution in [1.29, 1.82) is 0 Å². The van der Waals surface area contributed by atoms with Crippen LogP contribution in [0.2, 0.25) is 0 Å². The smallest absolute Gasteiger partial charge is 0.303 e. The molecular weight excluding hydrogens is 238 g/mol. The summed E-state index contributed by atoms with van der Waals surface area (Å²) in [5, 5.41) is 8.66. The number of nitrogens with zero attached hydrogens (tertiary/aromatic N) is 1. The number of hydrogen-bond acceptors (Lipinski definition) is 2. The highest BCUT2D eigenvalue weighted by atomic mass is 16.4. The Kier molecular flexibility index (Phi) is 4.18. The highest BCUT2D eigenvalue weighted by Gasteiger charge is 2.04. The van der Waals surface area contributed by atoms with Gasteiger partial charge in [0.05, 0.1) is 0 Å². The van der Waals surface area contributed by atoms with Gasteiger partial charge in [0.2, 0.25) is 0 Å². The zero-order valence-electron chi connectivity index (χ0n) is 10.9. The van der Waals surface area contributed by atoms with E-state index in [1.165, 1.54) is 0 Å². The van der Waals surface area contributed by atoms with Crippen LogP contribution in [-0.4, -0.2) is 18.1 Å². The summed E-state index contributed by atoms with van der Waals surface area (Å²) in [6.07, 6.45) is 0.749. The van der Waals surface area contributed by atoms with E-state index in [4.69, 9.17) is 5.11 Å².